The average Bonchev–Trinajstić information content (AvgIpc) is 2.78. The van der Waals surface area contributed by atoms with Gasteiger partial charge in [-0.2, -0.15) is 5.26 Å². The van der Waals surface area contributed by atoms with E-state index in [0.717, 1.165) is 18.7 Å². The zero-order valence-corrected chi connectivity index (χ0v) is 17.6. The number of hydrogen-bond acceptors (Lipinski definition) is 4. The minimum absolute atomic E-state index is 0.110. The summed E-state index contributed by atoms with van der Waals surface area (Å²) in [6, 6.07) is 18.9. The SMILES string of the molecule is CC(C)(C(=O)N1CCN(CCC(=O)Nc2ccccc2C#N)CC1)c1ccccc1. The van der Waals surface area contributed by atoms with Gasteiger partial charge in [0.05, 0.1) is 16.7 Å². The third-order valence-corrected chi connectivity index (χ3v) is 5.67. The first-order chi connectivity index (χ1) is 14.4. The average molecular weight is 405 g/mol. The Labute approximate surface area is 178 Å². The Bertz CT molecular complexity index is 926. The van der Waals surface area contributed by atoms with Crippen LogP contribution in [0.1, 0.15) is 31.4 Å². The minimum atomic E-state index is -0.558. The van der Waals surface area contributed by atoms with Gasteiger partial charge in [0, 0.05) is 39.1 Å². The van der Waals surface area contributed by atoms with Gasteiger partial charge in [0.2, 0.25) is 11.8 Å². The number of carbonyl (C=O) groups excluding carboxylic acids is 2. The molecule has 1 fully saturated rings. The Balaban J connectivity index is 1.47. The molecule has 1 saturated heterocycles. The summed E-state index contributed by atoms with van der Waals surface area (Å²) in [5.74, 6) is 0.0284. The molecular formula is C24H28N4O2. The molecule has 6 heteroatoms. The molecule has 0 saturated carbocycles. The Kier molecular flexibility index (Phi) is 6.86. The molecule has 2 aromatic rings. The van der Waals surface area contributed by atoms with E-state index >= 15 is 0 Å². The fourth-order valence-corrected chi connectivity index (χ4v) is 3.71. The fraction of sp³-hybridized carbons (Fsp3) is 0.375. The maximum Gasteiger partial charge on any atom is 0.232 e. The molecule has 0 aliphatic carbocycles. The second kappa shape index (κ2) is 9.55. The molecule has 2 aromatic carbocycles. The predicted octanol–water partition coefficient (Wildman–Crippen LogP) is 3.01. The number of nitrogens with one attached hydrogen (secondary N) is 1. The van der Waals surface area contributed by atoms with Crippen LogP contribution in [0.25, 0.3) is 0 Å². The highest BCUT2D eigenvalue weighted by Gasteiger charge is 2.35. The van der Waals surface area contributed by atoms with Crippen molar-refractivity contribution < 1.29 is 9.59 Å². The van der Waals surface area contributed by atoms with Crippen LogP contribution in [-0.2, 0) is 15.0 Å². The van der Waals surface area contributed by atoms with Crippen molar-refractivity contribution in [2.75, 3.05) is 38.0 Å². The molecule has 1 aliphatic rings. The Morgan fingerprint density at radius 2 is 1.63 bits per heavy atom. The van der Waals surface area contributed by atoms with Gasteiger partial charge in [0.1, 0.15) is 6.07 Å². The number of amides is 2. The van der Waals surface area contributed by atoms with Gasteiger partial charge in [-0.05, 0) is 31.5 Å². The van der Waals surface area contributed by atoms with Crippen LogP contribution in [0.2, 0.25) is 0 Å². The molecule has 1 heterocycles. The van der Waals surface area contributed by atoms with Crippen LogP contribution in [0.15, 0.2) is 54.6 Å². The molecule has 2 amide bonds. The van der Waals surface area contributed by atoms with Crippen LogP contribution in [0.4, 0.5) is 5.69 Å². The van der Waals surface area contributed by atoms with Crippen molar-refractivity contribution in [3.05, 3.63) is 65.7 Å². The predicted molar refractivity (Wildman–Crippen MR) is 117 cm³/mol. The normalized spacial score (nSPS) is 14.8. The van der Waals surface area contributed by atoms with Gasteiger partial charge in [-0.25, -0.2) is 0 Å². The van der Waals surface area contributed by atoms with Crippen LogP contribution in [-0.4, -0.2) is 54.3 Å². The van der Waals surface area contributed by atoms with Gasteiger partial charge in [0.15, 0.2) is 0 Å². The zero-order valence-electron chi connectivity index (χ0n) is 17.6. The van der Waals surface area contributed by atoms with E-state index in [9.17, 15) is 9.59 Å². The van der Waals surface area contributed by atoms with E-state index in [4.69, 9.17) is 5.26 Å². The highest BCUT2D eigenvalue weighted by atomic mass is 16.2. The Morgan fingerprint density at radius 1 is 1.00 bits per heavy atom. The second-order valence-corrected chi connectivity index (χ2v) is 8.08. The maximum atomic E-state index is 13.1. The monoisotopic (exact) mass is 404 g/mol. The summed E-state index contributed by atoms with van der Waals surface area (Å²) in [5, 5.41) is 11.9. The number of carbonyl (C=O) groups is 2. The van der Waals surface area contributed by atoms with Gasteiger partial charge < -0.3 is 10.2 Å². The number of para-hydroxylation sites is 1. The summed E-state index contributed by atoms with van der Waals surface area (Å²) in [4.78, 5) is 29.5. The first kappa shape index (κ1) is 21.5. The molecule has 30 heavy (non-hydrogen) atoms. The molecule has 0 aromatic heterocycles. The number of hydrogen-bond donors (Lipinski definition) is 1. The van der Waals surface area contributed by atoms with Crippen LogP contribution in [0.5, 0.6) is 0 Å². The van der Waals surface area contributed by atoms with Gasteiger partial charge in [-0.1, -0.05) is 42.5 Å². The summed E-state index contributed by atoms with van der Waals surface area (Å²) in [7, 11) is 0. The first-order valence-electron chi connectivity index (χ1n) is 10.3. The van der Waals surface area contributed by atoms with E-state index in [-0.39, 0.29) is 11.8 Å². The van der Waals surface area contributed by atoms with E-state index in [0.29, 0.717) is 37.3 Å². The van der Waals surface area contributed by atoms with Gasteiger partial charge in [0.25, 0.3) is 0 Å². The fourth-order valence-electron chi connectivity index (χ4n) is 3.71. The molecular weight excluding hydrogens is 376 g/mol. The van der Waals surface area contributed by atoms with Crippen molar-refractivity contribution in [1.29, 1.82) is 5.26 Å². The maximum absolute atomic E-state index is 13.1. The molecule has 6 nitrogen and oxygen atoms in total. The lowest BCUT2D eigenvalue weighted by Gasteiger charge is -2.38. The van der Waals surface area contributed by atoms with Gasteiger partial charge in [-0.3, -0.25) is 14.5 Å². The van der Waals surface area contributed by atoms with Gasteiger partial charge >= 0.3 is 0 Å². The molecule has 1 N–H and O–H groups in total. The molecule has 0 spiro atoms. The van der Waals surface area contributed by atoms with Crippen molar-refractivity contribution in [3.63, 3.8) is 0 Å². The Hall–Kier alpha value is -3.17. The number of rotatable bonds is 6. The largest absolute Gasteiger partial charge is 0.339 e. The summed E-state index contributed by atoms with van der Waals surface area (Å²) in [6.45, 7) is 7.39. The standard InChI is InChI=1S/C24H28N4O2/c1-24(2,20-9-4-3-5-10-20)23(30)28-16-14-27(15-17-28)13-12-22(29)26-21-11-7-6-8-19(21)18-25/h3-11H,12-17H2,1-2H3,(H,26,29). The lowest BCUT2D eigenvalue weighted by atomic mass is 9.83. The summed E-state index contributed by atoms with van der Waals surface area (Å²) >= 11 is 0. The quantitative estimate of drug-likeness (QED) is 0.803. The van der Waals surface area contributed by atoms with Crippen molar-refractivity contribution in [2.24, 2.45) is 0 Å². The number of anilines is 1. The third-order valence-electron chi connectivity index (χ3n) is 5.67. The highest BCUT2D eigenvalue weighted by Crippen LogP contribution is 2.26. The summed E-state index contributed by atoms with van der Waals surface area (Å²) in [5.41, 5.74) is 1.46. The molecule has 156 valence electrons. The van der Waals surface area contributed by atoms with Crippen molar-refractivity contribution >= 4 is 17.5 Å². The van der Waals surface area contributed by atoms with Crippen molar-refractivity contribution in [2.45, 2.75) is 25.7 Å². The topological polar surface area (TPSA) is 76.4 Å². The number of benzene rings is 2. The molecule has 1 aliphatic heterocycles. The number of nitrogens with zero attached hydrogens (tertiary/aromatic N) is 3. The lowest BCUT2D eigenvalue weighted by molar-refractivity contribution is -0.138. The zero-order chi connectivity index (χ0) is 21.6. The molecule has 0 bridgehead atoms. The van der Waals surface area contributed by atoms with E-state index in [1.807, 2.05) is 49.1 Å². The third kappa shape index (κ3) is 5.05. The number of piperazine rings is 1. The van der Waals surface area contributed by atoms with Crippen LogP contribution in [0.3, 0.4) is 0 Å². The van der Waals surface area contributed by atoms with E-state index in [1.165, 1.54) is 0 Å². The second-order valence-electron chi connectivity index (χ2n) is 8.08. The minimum Gasteiger partial charge on any atom is -0.339 e. The van der Waals surface area contributed by atoms with Crippen molar-refractivity contribution in [1.82, 2.24) is 9.80 Å². The summed E-state index contributed by atoms with van der Waals surface area (Å²) < 4.78 is 0. The first-order valence-corrected chi connectivity index (χ1v) is 10.3. The van der Waals surface area contributed by atoms with Crippen LogP contribution < -0.4 is 5.32 Å². The summed E-state index contributed by atoms with van der Waals surface area (Å²) in [6.07, 6.45) is 0.350. The van der Waals surface area contributed by atoms with Gasteiger partial charge in [-0.15, -0.1) is 0 Å². The van der Waals surface area contributed by atoms with E-state index in [2.05, 4.69) is 16.3 Å². The molecule has 0 unspecified atom stereocenters. The van der Waals surface area contributed by atoms with Crippen LogP contribution in [0, 0.1) is 11.3 Å². The Morgan fingerprint density at radius 3 is 2.30 bits per heavy atom. The molecule has 3 rings (SSSR count). The van der Waals surface area contributed by atoms with E-state index < -0.39 is 5.41 Å². The molecule has 0 atom stereocenters. The highest BCUT2D eigenvalue weighted by molar-refractivity contribution is 5.92. The smallest absolute Gasteiger partial charge is 0.232 e. The lowest BCUT2D eigenvalue weighted by Crippen LogP contribution is -2.53. The van der Waals surface area contributed by atoms with Crippen LogP contribution >= 0.6 is 0 Å². The van der Waals surface area contributed by atoms with Crippen molar-refractivity contribution in [3.8, 4) is 6.07 Å². The number of nitriles is 1. The molecule has 0 radical (unpaired) electrons. The van der Waals surface area contributed by atoms with E-state index in [1.54, 1.807) is 24.3 Å².